The summed E-state index contributed by atoms with van der Waals surface area (Å²) in [5.41, 5.74) is 0.112. The zero-order valence-corrected chi connectivity index (χ0v) is 12.6. The normalized spacial score (nSPS) is 11.9. The third-order valence-electron chi connectivity index (χ3n) is 2.81. The van der Waals surface area contributed by atoms with Gasteiger partial charge in [-0.25, -0.2) is 0 Å². The molecular formula is C15H18F2N2O3. The molecule has 22 heavy (non-hydrogen) atoms. The predicted octanol–water partition coefficient (Wildman–Crippen LogP) is 2.96. The van der Waals surface area contributed by atoms with Gasteiger partial charge in [0.25, 0.3) is 5.91 Å². The number of nitriles is 1. The van der Waals surface area contributed by atoms with Gasteiger partial charge < -0.3 is 14.8 Å². The lowest BCUT2D eigenvalue weighted by atomic mass is 10.0. The Morgan fingerprint density at radius 3 is 2.55 bits per heavy atom. The fourth-order valence-electron chi connectivity index (χ4n) is 1.86. The second kappa shape index (κ2) is 8.17. The zero-order valence-electron chi connectivity index (χ0n) is 12.6. The quantitative estimate of drug-likeness (QED) is 0.840. The monoisotopic (exact) mass is 312 g/mol. The Kier molecular flexibility index (Phi) is 6.57. The first-order valence-corrected chi connectivity index (χ1v) is 6.70. The number of methoxy groups -OCH3 is 1. The molecule has 0 fully saturated rings. The van der Waals surface area contributed by atoms with Crippen LogP contribution in [0.5, 0.6) is 11.5 Å². The molecule has 0 spiro atoms. The zero-order chi connectivity index (χ0) is 16.7. The van der Waals surface area contributed by atoms with E-state index in [0.717, 1.165) is 6.07 Å². The van der Waals surface area contributed by atoms with Crippen molar-refractivity contribution in [2.75, 3.05) is 7.11 Å². The average molecular weight is 312 g/mol. The molecule has 0 radical (unpaired) electrons. The van der Waals surface area contributed by atoms with Gasteiger partial charge in [-0.2, -0.15) is 14.0 Å². The van der Waals surface area contributed by atoms with Crippen LogP contribution in [0.15, 0.2) is 18.2 Å². The first-order chi connectivity index (χ1) is 10.4. The van der Waals surface area contributed by atoms with E-state index in [9.17, 15) is 13.6 Å². The van der Waals surface area contributed by atoms with Crippen LogP contribution in [0.25, 0.3) is 0 Å². The number of carbonyl (C=O) groups is 1. The minimum absolute atomic E-state index is 0.0934. The number of ether oxygens (including phenoxy) is 2. The third kappa shape index (κ3) is 5.20. The number of rotatable bonds is 7. The Balaban J connectivity index is 2.91. The molecule has 0 aliphatic heterocycles. The van der Waals surface area contributed by atoms with E-state index in [1.165, 1.54) is 19.2 Å². The number of nitrogens with zero attached hydrogens (tertiary/aromatic N) is 1. The number of alkyl halides is 2. The van der Waals surface area contributed by atoms with Gasteiger partial charge in [-0.05, 0) is 30.5 Å². The van der Waals surface area contributed by atoms with Crippen LogP contribution >= 0.6 is 0 Å². The van der Waals surface area contributed by atoms with Crippen molar-refractivity contribution in [2.45, 2.75) is 32.9 Å². The highest BCUT2D eigenvalue weighted by Crippen LogP contribution is 2.29. The maximum absolute atomic E-state index is 12.4. The van der Waals surface area contributed by atoms with Gasteiger partial charge >= 0.3 is 6.61 Å². The van der Waals surface area contributed by atoms with Gasteiger partial charge in [0, 0.05) is 5.56 Å². The van der Waals surface area contributed by atoms with E-state index >= 15 is 0 Å². The molecule has 0 aromatic heterocycles. The highest BCUT2D eigenvalue weighted by molar-refractivity contribution is 5.95. The lowest BCUT2D eigenvalue weighted by molar-refractivity contribution is -0.0512. The summed E-state index contributed by atoms with van der Waals surface area (Å²) in [6, 6.07) is 5.28. The van der Waals surface area contributed by atoms with Crippen LogP contribution in [0, 0.1) is 17.2 Å². The molecule has 120 valence electrons. The summed E-state index contributed by atoms with van der Waals surface area (Å²) in [6.45, 7) is 0.830. The summed E-state index contributed by atoms with van der Waals surface area (Å²) in [5, 5.41) is 11.6. The summed E-state index contributed by atoms with van der Waals surface area (Å²) in [4.78, 5) is 12.1. The lowest BCUT2D eigenvalue weighted by Crippen LogP contribution is -2.34. The van der Waals surface area contributed by atoms with E-state index in [2.05, 4.69) is 10.1 Å². The van der Waals surface area contributed by atoms with Crippen LogP contribution in [0.2, 0.25) is 0 Å². The Morgan fingerprint density at radius 1 is 1.36 bits per heavy atom. The van der Waals surface area contributed by atoms with E-state index in [4.69, 9.17) is 10.00 Å². The molecule has 1 N–H and O–H groups in total. The Morgan fingerprint density at radius 2 is 2.05 bits per heavy atom. The number of halogens is 2. The molecule has 0 unspecified atom stereocenters. The number of amides is 1. The van der Waals surface area contributed by atoms with E-state index in [0.29, 0.717) is 6.42 Å². The van der Waals surface area contributed by atoms with Crippen LogP contribution in [-0.4, -0.2) is 25.7 Å². The minimum Gasteiger partial charge on any atom is -0.493 e. The fraction of sp³-hybridized carbons (Fsp3) is 0.467. The number of hydrogen-bond donors (Lipinski definition) is 1. The molecule has 0 saturated heterocycles. The molecule has 0 heterocycles. The molecule has 1 amide bonds. The van der Waals surface area contributed by atoms with Crippen molar-refractivity contribution in [1.82, 2.24) is 5.32 Å². The Labute approximate surface area is 127 Å². The van der Waals surface area contributed by atoms with Gasteiger partial charge in [0.2, 0.25) is 0 Å². The van der Waals surface area contributed by atoms with Crippen LogP contribution in [-0.2, 0) is 0 Å². The summed E-state index contributed by atoms with van der Waals surface area (Å²) < 4.78 is 33.9. The summed E-state index contributed by atoms with van der Waals surface area (Å²) >= 11 is 0. The van der Waals surface area contributed by atoms with Crippen molar-refractivity contribution < 1.29 is 23.0 Å². The molecule has 1 atom stereocenters. The number of carbonyl (C=O) groups excluding carboxylic acids is 1. The third-order valence-corrected chi connectivity index (χ3v) is 2.81. The fourth-order valence-corrected chi connectivity index (χ4v) is 1.86. The summed E-state index contributed by atoms with van der Waals surface area (Å²) in [5.74, 6) is -0.439. The molecular weight excluding hydrogens is 294 g/mol. The molecule has 0 bridgehead atoms. The molecule has 1 rings (SSSR count). The van der Waals surface area contributed by atoms with E-state index < -0.39 is 18.6 Å². The van der Waals surface area contributed by atoms with Crippen LogP contribution in [0.1, 0.15) is 30.6 Å². The average Bonchev–Trinajstić information content (AvgIpc) is 2.45. The predicted molar refractivity (Wildman–Crippen MR) is 75.9 cm³/mol. The lowest BCUT2D eigenvalue weighted by Gasteiger charge is -2.15. The highest BCUT2D eigenvalue weighted by atomic mass is 19.3. The largest absolute Gasteiger partial charge is 0.493 e. The second-order valence-corrected chi connectivity index (χ2v) is 5.03. The van der Waals surface area contributed by atoms with Crippen molar-refractivity contribution >= 4 is 5.91 Å². The van der Waals surface area contributed by atoms with Gasteiger partial charge in [-0.1, -0.05) is 13.8 Å². The smallest absolute Gasteiger partial charge is 0.387 e. The van der Waals surface area contributed by atoms with Crippen LogP contribution in [0.3, 0.4) is 0 Å². The number of nitrogens with one attached hydrogen (secondary N) is 1. The molecule has 0 aliphatic carbocycles. The van der Waals surface area contributed by atoms with Gasteiger partial charge in [-0.15, -0.1) is 0 Å². The number of hydrogen-bond acceptors (Lipinski definition) is 4. The SMILES string of the molecule is COc1ccc(C(=O)N[C@H](C#N)CC(C)C)cc1OC(F)F. The molecule has 0 aliphatic rings. The van der Waals surface area contributed by atoms with Gasteiger partial charge in [0.05, 0.1) is 13.2 Å². The van der Waals surface area contributed by atoms with Crippen LogP contribution < -0.4 is 14.8 Å². The first-order valence-electron chi connectivity index (χ1n) is 6.70. The minimum atomic E-state index is -3.03. The maximum Gasteiger partial charge on any atom is 0.387 e. The van der Waals surface area contributed by atoms with E-state index in [-0.39, 0.29) is 23.0 Å². The van der Waals surface area contributed by atoms with Crippen molar-refractivity contribution in [3.8, 4) is 17.6 Å². The van der Waals surface area contributed by atoms with E-state index in [1.54, 1.807) is 0 Å². The standard InChI is InChI=1S/C15H18F2N2O3/c1-9(2)6-11(8-18)19-14(20)10-4-5-12(21-3)13(7-10)22-15(16)17/h4-5,7,9,11,15H,6H2,1-3H3,(H,19,20)/t11-/m0/s1. The molecule has 0 saturated carbocycles. The Bertz CT molecular complexity index is 556. The first kappa shape index (κ1) is 17.7. The van der Waals surface area contributed by atoms with Crippen molar-refractivity contribution in [2.24, 2.45) is 5.92 Å². The maximum atomic E-state index is 12.4. The van der Waals surface area contributed by atoms with Gasteiger partial charge in [0.15, 0.2) is 11.5 Å². The van der Waals surface area contributed by atoms with Crippen molar-refractivity contribution in [3.05, 3.63) is 23.8 Å². The molecule has 5 nitrogen and oxygen atoms in total. The summed E-state index contributed by atoms with van der Waals surface area (Å²) in [7, 11) is 1.31. The van der Waals surface area contributed by atoms with E-state index in [1.807, 2.05) is 19.9 Å². The summed E-state index contributed by atoms with van der Waals surface area (Å²) in [6.07, 6.45) is 0.499. The highest BCUT2D eigenvalue weighted by Gasteiger charge is 2.17. The second-order valence-electron chi connectivity index (χ2n) is 5.03. The Hall–Kier alpha value is -2.36. The number of benzene rings is 1. The molecule has 7 heteroatoms. The molecule has 1 aromatic rings. The van der Waals surface area contributed by atoms with Gasteiger partial charge in [-0.3, -0.25) is 4.79 Å². The topological polar surface area (TPSA) is 71.3 Å². The van der Waals surface area contributed by atoms with Crippen LogP contribution in [0.4, 0.5) is 8.78 Å². The molecule has 1 aromatic carbocycles. The van der Waals surface area contributed by atoms with Crippen molar-refractivity contribution in [3.63, 3.8) is 0 Å². The van der Waals surface area contributed by atoms with Gasteiger partial charge in [0.1, 0.15) is 6.04 Å². The van der Waals surface area contributed by atoms with Crippen molar-refractivity contribution in [1.29, 1.82) is 5.26 Å².